The molecule has 1 atom stereocenters. The Morgan fingerprint density at radius 2 is 2.20 bits per heavy atom. The van der Waals surface area contributed by atoms with Gasteiger partial charge in [-0.1, -0.05) is 27.7 Å². The molecule has 0 saturated heterocycles. The van der Waals surface area contributed by atoms with E-state index in [9.17, 15) is 9.59 Å². The van der Waals surface area contributed by atoms with Crippen LogP contribution in [0.4, 0.5) is 0 Å². The van der Waals surface area contributed by atoms with Gasteiger partial charge in [-0.15, -0.1) is 0 Å². The van der Waals surface area contributed by atoms with Crippen molar-refractivity contribution in [2.24, 2.45) is 0 Å². The Balaban J connectivity index is 3.49. The third-order valence-corrected chi connectivity index (χ3v) is 3.28. The predicted molar refractivity (Wildman–Crippen MR) is 46.7 cm³/mol. The van der Waals surface area contributed by atoms with Crippen LogP contribution in [0.25, 0.3) is 0 Å². The van der Waals surface area contributed by atoms with E-state index in [0.717, 1.165) is 11.8 Å². The van der Waals surface area contributed by atoms with Crippen LogP contribution in [0.15, 0.2) is 0 Å². The minimum atomic E-state index is -0.464. The number of carbonyl (C=O) groups excluding carboxylic acids is 2. The summed E-state index contributed by atoms with van der Waals surface area (Å²) in [7, 11) is 0. The summed E-state index contributed by atoms with van der Waals surface area (Å²) in [6.45, 7) is 1.45. The van der Waals surface area contributed by atoms with E-state index in [1.807, 2.05) is 0 Å². The smallest absolute Gasteiger partial charge is 0.236 e. The number of halogens is 2. The molecule has 1 unspecified atom stereocenters. The quantitative estimate of drug-likeness (QED) is 0.562. The second-order valence-corrected chi connectivity index (χ2v) is 4.25. The number of alkyl halides is 1. The molecule has 5 heteroatoms. The summed E-state index contributed by atoms with van der Waals surface area (Å²) in [5.74, 6) is 0.400. The Hall–Kier alpha value is 0.460. The molecular formula is C5H6BrClO2S. The van der Waals surface area contributed by atoms with Gasteiger partial charge >= 0.3 is 0 Å². The first-order chi connectivity index (χ1) is 4.54. The van der Waals surface area contributed by atoms with Gasteiger partial charge < -0.3 is 0 Å². The number of carbonyl (C=O) groups is 2. The zero-order chi connectivity index (χ0) is 8.15. The number of hydrogen-bond acceptors (Lipinski definition) is 3. The number of thioether (sulfide) groups is 1. The Morgan fingerprint density at radius 1 is 1.70 bits per heavy atom. The van der Waals surface area contributed by atoms with Gasteiger partial charge in [-0.05, 0) is 11.6 Å². The van der Waals surface area contributed by atoms with Gasteiger partial charge in [0.1, 0.15) is 0 Å². The summed E-state index contributed by atoms with van der Waals surface area (Å²) in [5, 5.41) is -0.476. The Kier molecular flexibility index (Phi) is 5.39. The summed E-state index contributed by atoms with van der Waals surface area (Å²) in [6, 6.07) is 0. The molecule has 0 heterocycles. The van der Waals surface area contributed by atoms with Gasteiger partial charge in [-0.3, -0.25) is 9.59 Å². The van der Waals surface area contributed by atoms with Gasteiger partial charge in [0.25, 0.3) is 0 Å². The molecule has 0 aliphatic carbocycles. The molecule has 2 nitrogen and oxygen atoms in total. The fourth-order valence-corrected chi connectivity index (χ4v) is 1.35. The Morgan fingerprint density at radius 3 is 2.50 bits per heavy atom. The highest BCUT2D eigenvalue weighted by Crippen LogP contribution is 2.12. The van der Waals surface area contributed by atoms with Gasteiger partial charge in [0, 0.05) is 12.7 Å². The van der Waals surface area contributed by atoms with Crippen molar-refractivity contribution in [3.05, 3.63) is 0 Å². The lowest BCUT2D eigenvalue weighted by atomic mass is 10.5. The minimum absolute atomic E-state index is 0.0117. The summed E-state index contributed by atoms with van der Waals surface area (Å²) >= 11 is 9.19. The summed E-state index contributed by atoms with van der Waals surface area (Å²) in [4.78, 5) is 20.3. The molecule has 0 aromatic carbocycles. The first kappa shape index (κ1) is 10.5. The average Bonchev–Trinajstić information content (AvgIpc) is 1.82. The van der Waals surface area contributed by atoms with Crippen molar-refractivity contribution in [3.63, 3.8) is 0 Å². The Labute approximate surface area is 76.8 Å². The second kappa shape index (κ2) is 5.16. The standard InChI is InChI=1S/C5H6BrClO2S/c1-3(8)10-2-4(6)5(7)9/h4H,2H2,1H3. The van der Waals surface area contributed by atoms with Crippen LogP contribution in [-0.2, 0) is 9.59 Å². The molecule has 0 aromatic rings. The van der Waals surface area contributed by atoms with Crippen molar-refractivity contribution in [2.75, 3.05) is 5.75 Å². The van der Waals surface area contributed by atoms with E-state index >= 15 is 0 Å². The maximum absolute atomic E-state index is 10.4. The van der Waals surface area contributed by atoms with E-state index < -0.39 is 10.1 Å². The average molecular weight is 246 g/mol. The van der Waals surface area contributed by atoms with Crippen LogP contribution in [0.5, 0.6) is 0 Å². The van der Waals surface area contributed by atoms with Crippen LogP contribution < -0.4 is 0 Å². The minimum Gasteiger partial charge on any atom is -0.288 e. The van der Waals surface area contributed by atoms with Crippen LogP contribution >= 0.6 is 39.3 Å². The van der Waals surface area contributed by atoms with E-state index in [1.54, 1.807) is 0 Å². The lowest BCUT2D eigenvalue weighted by Gasteiger charge is -1.99. The number of hydrogen-bond donors (Lipinski definition) is 0. The van der Waals surface area contributed by atoms with Gasteiger partial charge in [0.2, 0.25) is 5.24 Å². The van der Waals surface area contributed by atoms with Gasteiger partial charge in [-0.2, -0.15) is 0 Å². The molecule has 0 amide bonds. The zero-order valence-electron chi connectivity index (χ0n) is 5.27. The molecule has 0 radical (unpaired) electrons. The fourth-order valence-electron chi connectivity index (χ4n) is 0.256. The summed E-state index contributed by atoms with van der Waals surface area (Å²) in [6.07, 6.45) is 0. The lowest BCUT2D eigenvalue weighted by molar-refractivity contribution is -0.110. The highest BCUT2D eigenvalue weighted by Gasteiger charge is 2.12. The molecule has 0 bridgehead atoms. The Bertz CT molecular complexity index is 151. The number of rotatable bonds is 3. The maximum atomic E-state index is 10.4. The molecular weight excluding hydrogens is 239 g/mol. The van der Waals surface area contributed by atoms with Crippen molar-refractivity contribution in [1.82, 2.24) is 0 Å². The molecule has 58 valence electrons. The summed E-state index contributed by atoms with van der Waals surface area (Å²) in [5.41, 5.74) is 0. The zero-order valence-corrected chi connectivity index (χ0v) is 8.42. The van der Waals surface area contributed by atoms with Crippen molar-refractivity contribution in [2.45, 2.75) is 11.8 Å². The van der Waals surface area contributed by atoms with E-state index in [-0.39, 0.29) is 5.12 Å². The molecule has 0 saturated carbocycles. The van der Waals surface area contributed by atoms with E-state index in [2.05, 4.69) is 15.9 Å². The SMILES string of the molecule is CC(=O)SCC(Br)C(=O)Cl. The normalized spacial score (nSPS) is 12.7. The third kappa shape index (κ3) is 5.26. The van der Waals surface area contributed by atoms with Crippen molar-refractivity contribution in [3.8, 4) is 0 Å². The second-order valence-electron chi connectivity index (χ2n) is 1.57. The van der Waals surface area contributed by atoms with Crippen molar-refractivity contribution >= 4 is 49.7 Å². The van der Waals surface area contributed by atoms with Crippen LogP contribution in [0.2, 0.25) is 0 Å². The monoisotopic (exact) mass is 244 g/mol. The molecule has 0 fully saturated rings. The fraction of sp³-hybridized carbons (Fsp3) is 0.600. The molecule has 10 heavy (non-hydrogen) atoms. The largest absolute Gasteiger partial charge is 0.288 e. The van der Waals surface area contributed by atoms with Crippen LogP contribution in [0.3, 0.4) is 0 Å². The highest BCUT2D eigenvalue weighted by atomic mass is 79.9. The highest BCUT2D eigenvalue weighted by molar-refractivity contribution is 9.10. The van der Waals surface area contributed by atoms with Gasteiger partial charge in [0.05, 0.1) is 4.83 Å². The van der Waals surface area contributed by atoms with E-state index in [1.165, 1.54) is 6.92 Å². The van der Waals surface area contributed by atoms with Gasteiger partial charge in [-0.25, -0.2) is 0 Å². The molecule has 0 aliphatic heterocycles. The van der Waals surface area contributed by atoms with Crippen molar-refractivity contribution < 1.29 is 9.59 Å². The first-order valence-corrected chi connectivity index (χ1v) is 4.78. The van der Waals surface area contributed by atoms with Crippen LogP contribution in [-0.4, -0.2) is 20.9 Å². The first-order valence-electron chi connectivity index (χ1n) is 2.51. The molecule has 0 rings (SSSR count). The topological polar surface area (TPSA) is 34.1 Å². The lowest BCUT2D eigenvalue weighted by Crippen LogP contribution is -2.10. The maximum Gasteiger partial charge on any atom is 0.236 e. The van der Waals surface area contributed by atoms with Gasteiger partial charge in [0.15, 0.2) is 5.12 Å². The molecule has 0 aromatic heterocycles. The third-order valence-electron chi connectivity index (χ3n) is 0.679. The molecule has 0 aliphatic rings. The summed E-state index contributed by atoms with van der Waals surface area (Å²) < 4.78 is 0. The molecule has 0 spiro atoms. The van der Waals surface area contributed by atoms with E-state index in [4.69, 9.17) is 11.6 Å². The van der Waals surface area contributed by atoms with E-state index in [0.29, 0.717) is 5.75 Å². The van der Waals surface area contributed by atoms with Crippen molar-refractivity contribution in [1.29, 1.82) is 0 Å². The van der Waals surface area contributed by atoms with Crippen LogP contribution in [0.1, 0.15) is 6.92 Å². The molecule has 0 N–H and O–H groups in total. The predicted octanol–water partition coefficient (Wildman–Crippen LogP) is 1.79. The van der Waals surface area contributed by atoms with Crippen LogP contribution in [0, 0.1) is 0 Å².